The van der Waals surface area contributed by atoms with E-state index in [1.165, 1.54) is 0 Å². The maximum atomic E-state index is 11.9. The Hall–Kier alpha value is -2.62. The van der Waals surface area contributed by atoms with E-state index >= 15 is 0 Å². The molecular formula is C17H15NO3. The number of carbonyl (C=O) groups is 2. The summed E-state index contributed by atoms with van der Waals surface area (Å²) in [6.45, 7) is 3.60. The predicted octanol–water partition coefficient (Wildman–Crippen LogP) is 2.98. The molecule has 0 saturated carbocycles. The molecule has 0 spiro atoms. The van der Waals surface area contributed by atoms with Gasteiger partial charge in [-0.15, -0.1) is 0 Å². The van der Waals surface area contributed by atoms with Crippen LogP contribution in [0.1, 0.15) is 19.4 Å². The first-order chi connectivity index (χ1) is 9.99. The fourth-order valence-electron chi connectivity index (χ4n) is 2.65. The Balaban J connectivity index is 2.22. The quantitative estimate of drug-likeness (QED) is 0.458. The standard InChI is InChI=1S/C17H15NO3/c1-10(2)15-13(16(19)21-17(15)20)8-11-9-18(3)14-7-5-4-6-12(11)14/h4-9H,1-3H3/b13-8+. The zero-order chi connectivity index (χ0) is 15.1. The summed E-state index contributed by atoms with van der Waals surface area (Å²) in [7, 11) is 1.95. The third kappa shape index (κ3) is 2.09. The first-order valence-electron chi connectivity index (χ1n) is 6.69. The van der Waals surface area contributed by atoms with E-state index in [1.54, 1.807) is 19.9 Å². The van der Waals surface area contributed by atoms with Crippen molar-refractivity contribution >= 4 is 28.9 Å². The Morgan fingerprint density at radius 3 is 2.57 bits per heavy atom. The van der Waals surface area contributed by atoms with Crippen molar-refractivity contribution in [1.82, 2.24) is 4.57 Å². The Kier molecular flexibility index (Phi) is 3.01. The average molecular weight is 281 g/mol. The molecule has 0 atom stereocenters. The number of cyclic esters (lactones) is 2. The third-order valence-corrected chi connectivity index (χ3v) is 3.61. The molecular weight excluding hydrogens is 266 g/mol. The Morgan fingerprint density at radius 2 is 1.86 bits per heavy atom. The van der Waals surface area contributed by atoms with Crippen LogP contribution in [-0.2, 0) is 21.4 Å². The van der Waals surface area contributed by atoms with Gasteiger partial charge < -0.3 is 9.30 Å². The monoisotopic (exact) mass is 281 g/mol. The van der Waals surface area contributed by atoms with Crippen LogP contribution in [0.25, 0.3) is 17.0 Å². The van der Waals surface area contributed by atoms with Gasteiger partial charge in [0.1, 0.15) is 0 Å². The number of hydrogen-bond acceptors (Lipinski definition) is 3. The third-order valence-electron chi connectivity index (χ3n) is 3.61. The van der Waals surface area contributed by atoms with Crippen LogP contribution in [0.3, 0.4) is 0 Å². The maximum absolute atomic E-state index is 11.9. The van der Waals surface area contributed by atoms with Gasteiger partial charge in [0.25, 0.3) is 0 Å². The SMILES string of the molecule is CC(C)=C1C(=O)OC(=O)/C1=C/c1cn(C)c2ccccc12. The number of ether oxygens (including phenoxy) is 1. The summed E-state index contributed by atoms with van der Waals surface area (Å²) < 4.78 is 6.72. The normalized spacial score (nSPS) is 16.9. The molecule has 3 rings (SSSR count). The molecule has 0 radical (unpaired) electrons. The Morgan fingerprint density at radius 1 is 1.14 bits per heavy atom. The minimum Gasteiger partial charge on any atom is -0.386 e. The zero-order valence-corrected chi connectivity index (χ0v) is 12.1. The average Bonchev–Trinajstić information content (AvgIpc) is 2.89. The lowest BCUT2D eigenvalue weighted by Gasteiger charge is -1.97. The van der Waals surface area contributed by atoms with Gasteiger partial charge in [0.05, 0.1) is 11.1 Å². The molecule has 1 aliphatic rings. The van der Waals surface area contributed by atoms with Gasteiger partial charge in [-0.2, -0.15) is 0 Å². The highest BCUT2D eigenvalue weighted by Gasteiger charge is 2.34. The number of carbonyl (C=O) groups excluding carboxylic acids is 2. The van der Waals surface area contributed by atoms with Gasteiger partial charge in [0.15, 0.2) is 0 Å². The lowest BCUT2D eigenvalue weighted by molar-refractivity contribution is -0.149. The molecule has 0 unspecified atom stereocenters. The van der Waals surface area contributed by atoms with E-state index in [0.29, 0.717) is 11.1 Å². The van der Waals surface area contributed by atoms with Crippen molar-refractivity contribution in [3.8, 4) is 0 Å². The number of para-hydroxylation sites is 1. The highest BCUT2D eigenvalue weighted by atomic mass is 16.6. The first kappa shape index (κ1) is 13.4. The van der Waals surface area contributed by atoms with Gasteiger partial charge in [0.2, 0.25) is 0 Å². The molecule has 106 valence electrons. The molecule has 2 heterocycles. The number of esters is 2. The van der Waals surface area contributed by atoms with Crippen molar-refractivity contribution < 1.29 is 14.3 Å². The minimum atomic E-state index is -0.580. The highest BCUT2D eigenvalue weighted by molar-refractivity contribution is 6.21. The molecule has 21 heavy (non-hydrogen) atoms. The molecule has 0 bridgehead atoms. The van der Waals surface area contributed by atoms with E-state index in [1.807, 2.05) is 42.1 Å². The number of hydrogen-bond donors (Lipinski definition) is 0. The van der Waals surface area contributed by atoms with Gasteiger partial charge in [-0.3, -0.25) is 0 Å². The first-order valence-corrected chi connectivity index (χ1v) is 6.69. The Bertz CT molecular complexity index is 833. The molecule has 4 nitrogen and oxygen atoms in total. The van der Waals surface area contributed by atoms with E-state index in [2.05, 4.69) is 0 Å². The fraction of sp³-hybridized carbons (Fsp3) is 0.176. The number of benzene rings is 1. The van der Waals surface area contributed by atoms with Crippen LogP contribution >= 0.6 is 0 Å². The fourth-order valence-corrected chi connectivity index (χ4v) is 2.65. The van der Waals surface area contributed by atoms with Crippen LogP contribution in [0, 0.1) is 0 Å². The number of fused-ring (bicyclic) bond motifs is 1. The summed E-state index contributed by atoms with van der Waals surface area (Å²) in [4.78, 5) is 23.6. The Labute approximate surface area is 122 Å². The summed E-state index contributed by atoms with van der Waals surface area (Å²) in [5.74, 6) is -1.14. The second-order valence-corrected chi connectivity index (χ2v) is 5.32. The van der Waals surface area contributed by atoms with Crippen molar-refractivity contribution in [3.05, 3.63) is 52.7 Å². The molecule has 2 aromatic rings. The van der Waals surface area contributed by atoms with Crippen LogP contribution < -0.4 is 0 Å². The molecule has 1 fully saturated rings. The van der Waals surface area contributed by atoms with Crippen molar-refractivity contribution in [2.75, 3.05) is 0 Å². The van der Waals surface area contributed by atoms with E-state index in [0.717, 1.165) is 22.0 Å². The van der Waals surface area contributed by atoms with Crippen molar-refractivity contribution in [2.45, 2.75) is 13.8 Å². The topological polar surface area (TPSA) is 48.3 Å². The second kappa shape index (κ2) is 4.74. The molecule has 0 N–H and O–H groups in total. The van der Waals surface area contributed by atoms with E-state index in [-0.39, 0.29) is 0 Å². The van der Waals surface area contributed by atoms with Gasteiger partial charge >= 0.3 is 11.9 Å². The number of allylic oxidation sites excluding steroid dienone is 1. The summed E-state index contributed by atoms with van der Waals surface area (Å²) in [5, 5.41) is 1.03. The summed E-state index contributed by atoms with van der Waals surface area (Å²) in [6.07, 6.45) is 3.67. The molecule has 1 aromatic carbocycles. The van der Waals surface area contributed by atoms with Crippen LogP contribution in [0.4, 0.5) is 0 Å². The highest BCUT2D eigenvalue weighted by Crippen LogP contribution is 2.30. The van der Waals surface area contributed by atoms with Crippen molar-refractivity contribution in [3.63, 3.8) is 0 Å². The number of aromatic nitrogens is 1. The van der Waals surface area contributed by atoms with Gasteiger partial charge in [-0.05, 0) is 26.0 Å². The van der Waals surface area contributed by atoms with E-state index in [4.69, 9.17) is 4.74 Å². The molecule has 1 aromatic heterocycles. The lowest BCUT2D eigenvalue weighted by Crippen LogP contribution is -1.97. The van der Waals surface area contributed by atoms with Gasteiger partial charge in [0, 0.05) is 29.7 Å². The van der Waals surface area contributed by atoms with Crippen LogP contribution in [0.5, 0.6) is 0 Å². The summed E-state index contributed by atoms with van der Waals surface area (Å²) >= 11 is 0. The van der Waals surface area contributed by atoms with E-state index in [9.17, 15) is 9.59 Å². The van der Waals surface area contributed by atoms with Gasteiger partial charge in [-0.1, -0.05) is 23.8 Å². The minimum absolute atomic E-state index is 0.330. The zero-order valence-electron chi connectivity index (χ0n) is 12.1. The van der Waals surface area contributed by atoms with Crippen molar-refractivity contribution in [1.29, 1.82) is 0 Å². The second-order valence-electron chi connectivity index (χ2n) is 5.32. The van der Waals surface area contributed by atoms with Crippen LogP contribution in [0.15, 0.2) is 47.2 Å². The number of nitrogens with zero attached hydrogens (tertiary/aromatic N) is 1. The molecule has 0 amide bonds. The number of aryl methyl sites for hydroxylation is 1. The molecule has 1 aliphatic heterocycles. The lowest BCUT2D eigenvalue weighted by atomic mass is 10.0. The molecule has 1 saturated heterocycles. The van der Waals surface area contributed by atoms with Gasteiger partial charge in [-0.25, -0.2) is 9.59 Å². The maximum Gasteiger partial charge on any atom is 0.346 e. The van der Waals surface area contributed by atoms with Crippen molar-refractivity contribution in [2.24, 2.45) is 7.05 Å². The molecule has 0 aliphatic carbocycles. The largest absolute Gasteiger partial charge is 0.386 e. The summed E-state index contributed by atoms with van der Waals surface area (Å²) in [6, 6.07) is 7.92. The van der Waals surface area contributed by atoms with E-state index < -0.39 is 11.9 Å². The van der Waals surface area contributed by atoms with Crippen LogP contribution in [-0.4, -0.2) is 16.5 Å². The molecule has 4 heteroatoms. The summed E-state index contributed by atoms with van der Waals surface area (Å²) in [5.41, 5.74) is 3.44. The smallest absolute Gasteiger partial charge is 0.346 e. The van der Waals surface area contributed by atoms with Crippen LogP contribution in [0.2, 0.25) is 0 Å². The predicted molar refractivity (Wildman–Crippen MR) is 80.4 cm³/mol. The number of rotatable bonds is 1.